The lowest BCUT2D eigenvalue weighted by molar-refractivity contribution is -0.121. The lowest BCUT2D eigenvalue weighted by atomic mass is 9.97. The van der Waals surface area contributed by atoms with Gasteiger partial charge in [-0.1, -0.05) is 0 Å². The van der Waals surface area contributed by atoms with Crippen molar-refractivity contribution in [1.29, 1.82) is 0 Å². The number of hydrogen-bond donors (Lipinski definition) is 2. The molecule has 1 aromatic rings. The van der Waals surface area contributed by atoms with E-state index in [1.807, 2.05) is 20.8 Å². The number of likely N-dealkylation sites (tertiary alicyclic amines) is 1. The highest BCUT2D eigenvalue weighted by Crippen LogP contribution is 2.20. The van der Waals surface area contributed by atoms with Gasteiger partial charge < -0.3 is 5.32 Å². The molecule has 2 unspecified atom stereocenters. The molecule has 1 amide bonds. The molecule has 0 spiro atoms. The van der Waals surface area contributed by atoms with Gasteiger partial charge >= 0.3 is 0 Å². The van der Waals surface area contributed by atoms with E-state index in [-0.39, 0.29) is 23.9 Å². The Morgan fingerprint density at radius 1 is 1.40 bits per heavy atom. The van der Waals surface area contributed by atoms with Crippen LogP contribution in [0, 0.1) is 5.92 Å². The summed E-state index contributed by atoms with van der Waals surface area (Å²) < 4.78 is 26.9. The molecule has 2 atom stereocenters. The molecule has 2 N–H and O–H groups in total. The molecule has 8 nitrogen and oxygen atoms in total. The third-order valence-corrected chi connectivity index (χ3v) is 5.21. The molecule has 1 aliphatic rings. The third kappa shape index (κ3) is 5.79. The second kappa shape index (κ2) is 8.29. The van der Waals surface area contributed by atoms with E-state index < -0.39 is 10.0 Å². The number of aromatic nitrogens is 2. The molecule has 9 heteroatoms. The Morgan fingerprint density at radius 2 is 2.12 bits per heavy atom. The van der Waals surface area contributed by atoms with Gasteiger partial charge in [0, 0.05) is 25.2 Å². The monoisotopic (exact) mass is 371 g/mol. The second-order valence-electron chi connectivity index (χ2n) is 7.04. The van der Waals surface area contributed by atoms with E-state index in [9.17, 15) is 13.2 Å². The molecule has 1 fully saturated rings. The van der Waals surface area contributed by atoms with E-state index in [2.05, 4.69) is 20.0 Å². The Labute approximate surface area is 150 Å². The van der Waals surface area contributed by atoms with Crippen LogP contribution in [0.3, 0.4) is 0 Å². The first-order chi connectivity index (χ1) is 11.7. The number of nitrogens with zero attached hydrogens (tertiary/aromatic N) is 3. The van der Waals surface area contributed by atoms with Gasteiger partial charge in [-0.3, -0.25) is 9.69 Å². The maximum absolute atomic E-state index is 12.6. The van der Waals surface area contributed by atoms with Crippen molar-refractivity contribution in [3.8, 4) is 0 Å². The molecule has 0 aromatic carbocycles. The van der Waals surface area contributed by atoms with Crippen LogP contribution >= 0.6 is 0 Å². The van der Waals surface area contributed by atoms with Gasteiger partial charge in [-0.2, -0.15) is 5.10 Å². The first-order valence-electron chi connectivity index (χ1n) is 8.70. The molecule has 0 aliphatic carbocycles. The lowest BCUT2D eigenvalue weighted by Gasteiger charge is -2.36. The topological polar surface area (TPSA) is 96.3 Å². The van der Waals surface area contributed by atoms with Gasteiger partial charge in [0.25, 0.3) is 0 Å². The first kappa shape index (κ1) is 19.9. The zero-order valence-electron chi connectivity index (χ0n) is 15.4. The SMILES string of the molecule is CC(C(=O)Nc1ccnn1C(C)C)N1CCCC(CNS(C)(=O)=O)C1. The first-order valence-corrected chi connectivity index (χ1v) is 10.6. The van der Waals surface area contributed by atoms with E-state index in [1.54, 1.807) is 16.9 Å². The predicted octanol–water partition coefficient (Wildman–Crippen LogP) is 1.05. The number of amides is 1. The fourth-order valence-electron chi connectivity index (χ4n) is 3.11. The van der Waals surface area contributed by atoms with Crippen LogP contribution in [0.25, 0.3) is 0 Å². The molecule has 0 saturated carbocycles. The maximum atomic E-state index is 12.6. The number of piperidine rings is 1. The fourth-order valence-corrected chi connectivity index (χ4v) is 3.64. The number of carbonyl (C=O) groups is 1. The minimum atomic E-state index is -3.18. The summed E-state index contributed by atoms with van der Waals surface area (Å²) in [6.45, 7) is 7.88. The summed E-state index contributed by atoms with van der Waals surface area (Å²) in [5.41, 5.74) is 0. The van der Waals surface area contributed by atoms with Crippen LogP contribution in [0.15, 0.2) is 12.3 Å². The van der Waals surface area contributed by atoms with E-state index in [0.717, 1.165) is 19.4 Å². The van der Waals surface area contributed by atoms with Gasteiger partial charge in [0.2, 0.25) is 15.9 Å². The molecular formula is C16H29N5O3S. The van der Waals surface area contributed by atoms with E-state index in [0.29, 0.717) is 18.9 Å². The number of hydrogen-bond acceptors (Lipinski definition) is 5. The molecule has 0 radical (unpaired) electrons. The van der Waals surface area contributed by atoms with E-state index in [4.69, 9.17) is 0 Å². The second-order valence-corrected chi connectivity index (χ2v) is 8.88. The zero-order valence-corrected chi connectivity index (χ0v) is 16.2. The van der Waals surface area contributed by atoms with Crippen molar-refractivity contribution < 1.29 is 13.2 Å². The fraction of sp³-hybridized carbons (Fsp3) is 0.750. The van der Waals surface area contributed by atoms with Crippen LogP contribution in [0.4, 0.5) is 5.82 Å². The number of carbonyl (C=O) groups excluding carboxylic acids is 1. The van der Waals surface area contributed by atoms with Crippen molar-refractivity contribution in [2.24, 2.45) is 5.92 Å². The number of rotatable bonds is 7. The van der Waals surface area contributed by atoms with Crippen molar-refractivity contribution in [1.82, 2.24) is 19.4 Å². The van der Waals surface area contributed by atoms with Crippen LogP contribution in [-0.4, -0.2) is 60.9 Å². The van der Waals surface area contributed by atoms with Gasteiger partial charge in [-0.05, 0) is 46.1 Å². The predicted molar refractivity (Wildman–Crippen MR) is 97.8 cm³/mol. The minimum absolute atomic E-state index is 0.0703. The van der Waals surface area contributed by atoms with Crippen molar-refractivity contribution in [2.75, 3.05) is 31.2 Å². The molecule has 2 rings (SSSR count). The van der Waals surface area contributed by atoms with Gasteiger partial charge in [0.05, 0.1) is 18.5 Å². The summed E-state index contributed by atoms with van der Waals surface area (Å²) in [7, 11) is -3.18. The Kier molecular flexibility index (Phi) is 6.59. The minimum Gasteiger partial charge on any atom is -0.310 e. The average molecular weight is 372 g/mol. The molecule has 0 bridgehead atoms. The van der Waals surface area contributed by atoms with E-state index >= 15 is 0 Å². The van der Waals surface area contributed by atoms with Crippen molar-refractivity contribution >= 4 is 21.7 Å². The standard InChI is InChI=1S/C16H29N5O3S/c1-12(2)21-15(7-8-17-21)19-16(22)13(3)20-9-5-6-14(11-20)10-18-25(4,23)24/h7-8,12-14,18H,5-6,9-11H2,1-4H3,(H,19,22). The zero-order chi connectivity index (χ0) is 18.6. The highest BCUT2D eigenvalue weighted by molar-refractivity contribution is 7.88. The average Bonchev–Trinajstić information content (AvgIpc) is 3.00. The number of anilines is 1. The summed E-state index contributed by atoms with van der Waals surface area (Å²) in [5.74, 6) is 0.846. The Hall–Kier alpha value is -1.45. The van der Waals surface area contributed by atoms with Crippen LogP contribution in [-0.2, 0) is 14.8 Å². The van der Waals surface area contributed by atoms with Crippen molar-refractivity contribution in [3.05, 3.63) is 12.3 Å². The molecule has 1 aromatic heterocycles. The van der Waals surface area contributed by atoms with Crippen LogP contribution in [0.2, 0.25) is 0 Å². The molecular weight excluding hydrogens is 342 g/mol. The molecule has 2 heterocycles. The quantitative estimate of drug-likeness (QED) is 0.747. The van der Waals surface area contributed by atoms with Crippen LogP contribution in [0.5, 0.6) is 0 Å². The maximum Gasteiger partial charge on any atom is 0.242 e. The molecule has 1 aliphatic heterocycles. The normalized spacial score (nSPS) is 20.6. The van der Waals surface area contributed by atoms with E-state index in [1.165, 1.54) is 6.26 Å². The number of nitrogens with one attached hydrogen (secondary N) is 2. The smallest absolute Gasteiger partial charge is 0.242 e. The highest BCUT2D eigenvalue weighted by atomic mass is 32.2. The Morgan fingerprint density at radius 3 is 2.76 bits per heavy atom. The summed E-state index contributed by atoms with van der Waals surface area (Å²) in [6, 6.07) is 1.68. The lowest BCUT2D eigenvalue weighted by Crippen LogP contribution is -2.49. The summed E-state index contributed by atoms with van der Waals surface area (Å²) in [5, 5.41) is 7.17. The summed E-state index contributed by atoms with van der Waals surface area (Å²) >= 11 is 0. The number of sulfonamides is 1. The van der Waals surface area contributed by atoms with Gasteiger partial charge in [-0.15, -0.1) is 0 Å². The van der Waals surface area contributed by atoms with Gasteiger partial charge in [0.1, 0.15) is 5.82 Å². The Bertz CT molecular complexity index is 686. The highest BCUT2D eigenvalue weighted by Gasteiger charge is 2.28. The van der Waals surface area contributed by atoms with Crippen molar-refractivity contribution in [3.63, 3.8) is 0 Å². The molecule has 25 heavy (non-hydrogen) atoms. The van der Waals surface area contributed by atoms with Crippen molar-refractivity contribution in [2.45, 2.75) is 45.7 Å². The summed E-state index contributed by atoms with van der Waals surface area (Å²) in [4.78, 5) is 14.7. The largest absolute Gasteiger partial charge is 0.310 e. The Balaban J connectivity index is 1.93. The van der Waals surface area contributed by atoms with Gasteiger partial charge in [0.15, 0.2) is 0 Å². The molecule has 1 saturated heterocycles. The van der Waals surface area contributed by atoms with Crippen LogP contribution < -0.4 is 10.0 Å². The van der Waals surface area contributed by atoms with Gasteiger partial charge in [-0.25, -0.2) is 17.8 Å². The van der Waals surface area contributed by atoms with Crippen LogP contribution in [0.1, 0.15) is 39.7 Å². The third-order valence-electron chi connectivity index (χ3n) is 4.52. The summed E-state index contributed by atoms with van der Waals surface area (Å²) in [6.07, 6.45) is 4.76. The molecule has 142 valence electrons.